The predicted octanol–water partition coefficient (Wildman–Crippen LogP) is 14.7. The van der Waals surface area contributed by atoms with E-state index in [-0.39, 0.29) is 12.5 Å². The zero-order valence-electron chi connectivity index (χ0n) is 45.3. The normalized spacial score (nSPS) is 19.8. The third kappa shape index (κ3) is 39.4. The van der Waals surface area contributed by atoms with Gasteiger partial charge in [0.05, 0.1) is 25.4 Å². The standard InChI is InChI=1S/C61H111NO8/c1-3-5-7-9-11-13-15-17-19-21-23-25-27-29-30-32-34-36-38-40-42-44-46-48-50-55(64)54(53-69-61-60(68)59(67)58(66)56(52-63)70-61)62-57(65)51-49-47-45-43-41-39-37-35-33-31-28-26-24-22-20-18-16-14-12-10-8-6-4-2/h24,26,31-34,40,42,48,50,54-56,58-61,63-64,66-68H,3-23,25,27-30,35-39,41,43-47,49,51-53H2,1-2H3,(H,62,65)/b26-24-,33-31-,34-32+,42-40+,50-48+. The van der Waals surface area contributed by atoms with Gasteiger partial charge in [-0.15, -0.1) is 0 Å². The molecule has 6 N–H and O–H groups in total. The minimum atomic E-state index is -1.58. The zero-order chi connectivity index (χ0) is 50.8. The van der Waals surface area contributed by atoms with Crippen LogP contribution >= 0.6 is 0 Å². The lowest BCUT2D eigenvalue weighted by atomic mass is 9.99. The van der Waals surface area contributed by atoms with Crippen LogP contribution in [0.3, 0.4) is 0 Å². The van der Waals surface area contributed by atoms with E-state index in [0.29, 0.717) is 6.42 Å². The Balaban J connectivity index is 2.28. The molecular weight excluding hydrogens is 875 g/mol. The first-order valence-electron chi connectivity index (χ1n) is 29.5. The fraction of sp³-hybridized carbons (Fsp3) is 0.820. The van der Waals surface area contributed by atoms with Crippen molar-refractivity contribution in [2.45, 2.75) is 307 Å². The Morgan fingerprint density at radius 2 is 0.857 bits per heavy atom. The molecule has 0 aromatic rings. The molecule has 1 aliphatic heterocycles. The summed E-state index contributed by atoms with van der Waals surface area (Å²) >= 11 is 0. The third-order valence-electron chi connectivity index (χ3n) is 13.8. The number of aliphatic hydroxyl groups is 5. The number of ether oxygens (including phenoxy) is 2. The number of carbonyl (C=O) groups is 1. The summed E-state index contributed by atoms with van der Waals surface area (Å²) in [5.41, 5.74) is 0. The lowest BCUT2D eigenvalue weighted by Crippen LogP contribution is -2.60. The summed E-state index contributed by atoms with van der Waals surface area (Å²) < 4.78 is 11.3. The molecule has 0 aliphatic carbocycles. The van der Waals surface area contributed by atoms with Crippen LogP contribution in [0.1, 0.15) is 264 Å². The number of nitrogens with one attached hydrogen (secondary N) is 1. The number of aliphatic hydroxyl groups excluding tert-OH is 5. The van der Waals surface area contributed by atoms with E-state index in [9.17, 15) is 30.3 Å². The molecule has 7 atom stereocenters. The molecule has 1 aliphatic rings. The summed E-state index contributed by atoms with van der Waals surface area (Å²) in [7, 11) is 0. The van der Waals surface area contributed by atoms with Crippen molar-refractivity contribution in [2.75, 3.05) is 13.2 Å². The van der Waals surface area contributed by atoms with Gasteiger partial charge in [-0.3, -0.25) is 4.79 Å². The first-order valence-corrected chi connectivity index (χ1v) is 29.5. The Morgan fingerprint density at radius 3 is 1.29 bits per heavy atom. The van der Waals surface area contributed by atoms with Crippen molar-refractivity contribution in [3.63, 3.8) is 0 Å². The van der Waals surface area contributed by atoms with Crippen molar-refractivity contribution in [3.8, 4) is 0 Å². The van der Waals surface area contributed by atoms with Gasteiger partial charge in [0, 0.05) is 6.42 Å². The molecule has 9 heteroatoms. The van der Waals surface area contributed by atoms with Gasteiger partial charge in [-0.05, 0) is 77.0 Å². The average Bonchev–Trinajstić information content (AvgIpc) is 3.36. The largest absolute Gasteiger partial charge is 0.394 e. The topological polar surface area (TPSA) is 149 Å². The van der Waals surface area contributed by atoms with Gasteiger partial charge in [0.1, 0.15) is 24.4 Å². The second-order valence-electron chi connectivity index (χ2n) is 20.4. The minimum Gasteiger partial charge on any atom is -0.394 e. The molecule has 408 valence electrons. The van der Waals surface area contributed by atoms with Crippen LogP contribution in [0.2, 0.25) is 0 Å². The maximum Gasteiger partial charge on any atom is 0.220 e. The van der Waals surface area contributed by atoms with Crippen LogP contribution in [-0.2, 0) is 14.3 Å². The fourth-order valence-electron chi connectivity index (χ4n) is 9.10. The Labute approximate surface area is 430 Å². The molecule has 0 aromatic carbocycles. The summed E-state index contributed by atoms with van der Waals surface area (Å²) in [6.07, 6.45) is 61.5. The maximum absolute atomic E-state index is 13.1. The van der Waals surface area contributed by atoms with Gasteiger partial charge in [0.25, 0.3) is 0 Å². The zero-order valence-corrected chi connectivity index (χ0v) is 45.3. The smallest absolute Gasteiger partial charge is 0.220 e. The highest BCUT2D eigenvalue weighted by atomic mass is 16.7. The van der Waals surface area contributed by atoms with Crippen LogP contribution < -0.4 is 5.32 Å². The number of hydrogen-bond acceptors (Lipinski definition) is 8. The Kier molecular flexibility index (Phi) is 47.5. The number of amides is 1. The van der Waals surface area contributed by atoms with Gasteiger partial charge < -0.3 is 40.3 Å². The van der Waals surface area contributed by atoms with E-state index >= 15 is 0 Å². The van der Waals surface area contributed by atoms with E-state index in [1.54, 1.807) is 6.08 Å². The molecule has 1 fully saturated rings. The summed E-state index contributed by atoms with van der Waals surface area (Å²) in [6.45, 7) is 3.77. The van der Waals surface area contributed by atoms with Crippen molar-refractivity contribution in [1.82, 2.24) is 5.32 Å². The van der Waals surface area contributed by atoms with Crippen LogP contribution in [-0.4, -0.2) is 87.5 Å². The number of carbonyl (C=O) groups excluding carboxylic acids is 1. The molecule has 70 heavy (non-hydrogen) atoms. The summed E-state index contributed by atoms with van der Waals surface area (Å²) in [6, 6.07) is -0.836. The molecule has 0 spiro atoms. The van der Waals surface area contributed by atoms with Crippen molar-refractivity contribution >= 4 is 5.91 Å². The summed E-state index contributed by atoms with van der Waals surface area (Å²) in [5, 5.41) is 54.5. The SMILES string of the molecule is CCCCCCCCCCC/C=C\C/C=C\CCCCCCCCCC(=O)NC(COC1OC(CO)C(O)C(O)C1O)C(O)/C=C/CC/C=C/CC/C=C/CCCCCCCCCCCCCCCC. The van der Waals surface area contributed by atoms with Crippen molar-refractivity contribution in [1.29, 1.82) is 0 Å². The first-order chi connectivity index (χ1) is 34.3. The monoisotopic (exact) mass is 986 g/mol. The molecule has 9 nitrogen and oxygen atoms in total. The van der Waals surface area contributed by atoms with Crippen LogP contribution in [0.4, 0.5) is 0 Å². The molecule has 1 heterocycles. The Morgan fingerprint density at radius 1 is 0.486 bits per heavy atom. The van der Waals surface area contributed by atoms with Crippen molar-refractivity contribution < 1.29 is 39.8 Å². The molecule has 0 bridgehead atoms. The molecular formula is C61H111NO8. The van der Waals surface area contributed by atoms with Gasteiger partial charge in [-0.1, -0.05) is 242 Å². The van der Waals surface area contributed by atoms with Crippen molar-refractivity contribution in [2.24, 2.45) is 0 Å². The van der Waals surface area contributed by atoms with E-state index in [4.69, 9.17) is 9.47 Å². The van der Waals surface area contributed by atoms with E-state index < -0.39 is 49.5 Å². The highest BCUT2D eigenvalue weighted by Crippen LogP contribution is 2.23. The van der Waals surface area contributed by atoms with E-state index in [1.807, 2.05) is 6.08 Å². The van der Waals surface area contributed by atoms with Gasteiger partial charge in [0.2, 0.25) is 5.91 Å². The number of unbranched alkanes of at least 4 members (excludes halogenated alkanes) is 32. The quantitative estimate of drug-likeness (QED) is 0.0261. The maximum atomic E-state index is 13.1. The summed E-state index contributed by atoms with van der Waals surface area (Å²) in [5.74, 6) is -0.198. The molecule has 7 unspecified atom stereocenters. The van der Waals surface area contributed by atoms with Gasteiger partial charge >= 0.3 is 0 Å². The third-order valence-corrected chi connectivity index (χ3v) is 13.8. The Bertz CT molecular complexity index is 1280. The molecule has 0 aromatic heterocycles. The minimum absolute atomic E-state index is 0.198. The molecule has 0 saturated carbocycles. The Hall–Kier alpha value is -2.11. The van der Waals surface area contributed by atoms with E-state index in [1.165, 1.54) is 180 Å². The van der Waals surface area contributed by atoms with Crippen LogP contribution in [0.25, 0.3) is 0 Å². The number of rotatable bonds is 50. The predicted molar refractivity (Wildman–Crippen MR) is 295 cm³/mol. The average molecular weight is 987 g/mol. The lowest BCUT2D eigenvalue weighted by molar-refractivity contribution is -0.302. The lowest BCUT2D eigenvalue weighted by Gasteiger charge is -2.40. The molecule has 1 rings (SSSR count). The van der Waals surface area contributed by atoms with E-state index in [0.717, 1.165) is 64.2 Å². The van der Waals surface area contributed by atoms with Crippen LogP contribution in [0, 0.1) is 0 Å². The highest BCUT2D eigenvalue weighted by molar-refractivity contribution is 5.76. The fourth-order valence-corrected chi connectivity index (χ4v) is 9.10. The molecule has 0 radical (unpaired) electrons. The van der Waals surface area contributed by atoms with Gasteiger partial charge in [-0.2, -0.15) is 0 Å². The summed E-state index contributed by atoms with van der Waals surface area (Å²) in [4.78, 5) is 13.1. The van der Waals surface area contributed by atoms with E-state index in [2.05, 4.69) is 67.8 Å². The number of hydrogen-bond donors (Lipinski definition) is 6. The highest BCUT2D eigenvalue weighted by Gasteiger charge is 2.44. The molecule has 1 saturated heterocycles. The van der Waals surface area contributed by atoms with Crippen LogP contribution in [0.15, 0.2) is 60.8 Å². The van der Waals surface area contributed by atoms with Gasteiger partial charge in [0.15, 0.2) is 6.29 Å². The number of allylic oxidation sites excluding steroid dienone is 9. The molecule has 1 amide bonds. The second-order valence-corrected chi connectivity index (χ2v) is 20.4. The van der Waals surface area contributed by atoms with Crippen molar-refractivity contribution in [3.05, 3.63) is 60.8 Å². The van der Waals surface area contributed by atoms with Crippen LogP contribution in [0.5, 0.6) is 0 Å². The second kappa shape index (κ2) is 50.4. The first kappa shape index (κ1) is 65.9. The van der Waals surface area contributed by atoms with Gasteiger partial charge in [-0.25, -0.2) is 0 Å².